The molecule has 27 heavy (non-hydrogen) atoms. The van der Waals surface area contributed by atoms with Gasteiger partial charge in [0.2, 0.25) is 0 Å². The maximum absolute atomic E-state index is 12.8. The van der Waals surface area contributed by atoms with Crippen molar-refractivity contribution in [2.24, 2.45) is 5.92 Å². The van der Waals surface area contributed by atoms with Crippen molar-refractivity contribution < 1.29 is 19.2 Å². The molecule has 8 nitrogen and oxygen atoms in total. The molecule has 2 amide bonds. The lowest BCUT2D eigenvalue weighted by atomic mass is 9.89. The first-order valence-electron chi connectivity index (χ1n) is 9.08. The number of carbonyl (C=O) groups excluding carboxylic acids is 2. The number of urea groups is 1. The first kappa shape index (κ1) is 18.9. The van der Waals surface area contributed by atoms with E-state index in [2.05, 4.69) is 17.6 Å². The van der Waals surface area contributed by atoms with Gasteiger partial charge in [-0.1, -0.05) is 6.92 Å². The van der Waals surface area contributed by atoms with Gasteiger partial charge in [-0.25, -0.2) is 9.59 Å². The number of non-ortho nitro benzene ring substituents is 1. The summed E-state index contributed by atoms with van der Waals surface area (Å²) in [5.41, 5.74) is 1.28. The van der Waals surface area contributed by atoms with Crippen molar-refractivity contribution in [3.63, 3.8) is 0 Å². The van der Waals surface area contributed by atoms with Crippen molar-refractivity contribution in [1.82, 2.24) is 10.6 Å². The minimum absolute atomic E-state index is 0.0554. The van der Waals surface area contributed by atoms with Crippen molar-refractivity contribution in [3.8, 4) is 0 Å². The summed E-state index contributed by atoms with van der Waals surface area (Å²) < 4.78 is 5.70. The lowest BCUT2D eigenvalue weighted by Crippen LogP contribution is -2.45. The SMILES string of the molecule is CC1=C(C(=O)OC2CCC(C)CC2)[C@H](c2ccc([N+](=O)[O-])cc2)NC(=O)N1. The van der Waals surface area contributed by atoms with E-state index < -0.39 is 23.0 Å². The lowest BCUT2D eigenvalue weighted by molar-refractivity contribution is -0.384. The molecule has 3 rings (SSSR count). The summed E-state index contributed by atoms with van der Waals surface area (Å²) in [7, 11) is 0. The summed E-state index contributed by atoms with van der Waals surface area (Å²) in [4.78, 5) is 35.1. The molecule has 144 valence electrons. The third-order valence-corrected chi connectivity index (χ3v) is 5.16. The zero-order chi connectivity index (χ0) is 19.6. The molecule has 0 aromatic heterocycles. The number of hydrogen-bond acceptors (Lipinski definition) is 5. The molecule has 0 spiro atoms. The molecule has 2 N–H and O–H groups in total. The Kier molecular flexibility index (Phi) is 5.43. The highest BCUT2D eigenvalue weighted by Crippen LogP contribution is 2.31. The second kappa shape index (κ2) is 7.77. The van der Waals surface area contributed by atoms with E-state index in [-0.39, 0.29) is 11.8 Å². The highest BCUT2D eigenvalue weighted by atomic mass is 16.6. The number of rotatable bonds is 4. The summed E-state index contributed by atoms with van der Waals surface area (Å²) in [6.45, 7) is 3.84. The second-order valence-electron chi connectivity index (χ2n) is 7.21. The zero-order valence-corrected chi connectivity index (χ0v) is 15.4. The lowest BCUT2D eigenvalue weighted by Gasteiger charge is -2.31. The fraction of sp³-hybridized carbons (Fsp3) is 0.474. The van der Waals surface area contributed by atoms with Gasteiger partial charge in [0.1, 0.15) is 6.10 Å². The summed E-state index contributed by atoms with van der Waals surface area (Å²) in [5.74, 6) is 0.173. The molecule has 1 atom stereocenters. The zero-order valence-electron chi connectivity index (χ0n) is 15.4. The summed E-state index contributed by atoms with van der Waals surface area (Å²) in [6, 6.07) is 4.64. The first-order valence-corrected chi connectivity index (χ1v) is 9.08. The van der Waals surface area contributed by atoms with Crippen LogP contribution in [-0.4, -0.2) is 23.0 Å². The molecule has 1 saturated carbocycles. The van der Waals surface area contributed by atoms with E-state index >= 15 is 0 Å². The van der Waals surface area contributed by atoms with Crippen LogP contribution in [0.25, 0.3) is 0 Å². The quantitative estimate of drug-likeness (QED) is 0.478. The number of ether oxygens (including phenoxy) is 1. The van der Waals surface area contributed by atoms with Crippen LogP contribution >= 0.6 is 0 Å². The number of nitrogens with one attached hydrogen (secondary N) is 2. The molecule has 1 aliphatic carbocycles. The van der Waals surface area contributed by atoms with Crippen molar-refractivity contribution in [1.29, 1.82) is 0 Å². The van der Waals surface area contributed by atoms with E-state index in [1.165, 1.54) is 24.3 Å². The van der Waals surface area contributed by atoms with Gasteiger partial charge in [0.05, 0.1) is 16.5 Å². The number of allylic oxidation sites excluding steroid dienone is 1. The molecule has 0 bridgehead atoms. The third kappa shape index (κ3) is 4.27. The van der Waals surface area contributed by atoms with Gasteiger partial charge in [0.25, 0.3) is 5.69 Å². The number of nitrogens with zero attached hydrogens (tertiary/aromatic N) is 1. The number of nitro groups is 1. The molecule has 1 aromatic carbocycles. The Hall–Kier alpha value is -2.90. The molecule has 8 heteroatoms. The predicted octanol–water partition coefficient (Wildman–Crippen LogP) is 3.34. The van der Waals surface area contributed by atoms with E-state index in [0.29, 0.717) is 22.8 Å². The maximum atomic E-state index is 12.8. The highest BCUT2D eigenvalue weighted by molar-refractivity contribution is 5.95. The third-order valence-electron chi connectivity index (χ3n) is 5.16. The van der Waals surface area contributed by atoms with Crippen molar-refractivity contribution in [2.75, 3.05) is 0 Å². The van der Waals surface area contributed by atoms with Crippen LogP contribution in [0, 0.1) is 16.0 Å². The Labute approximate surface area is 157 Å². The summed E-state index contributed by atoms with van der Waals surface area (Å²) >= 11 is 0. The Bertz CT molecular complexity index is 779. The highest BCUT2D eigenvalue weighted by Gasteiger charge is 2.34. The molecule has 1 aromatic rings. The van der Waals surface area contributed by atoms with Crippen molar-refractivity contribution in [3.05, 3.63) is 51.2 Å². The maximum Gasteiger partial charge on any atom is 0.338 e. The van der Waals surface area contributed by atoms with E-state index in [1.54, 1.807) is 6.92 Å². The fourth-order valence-corrected chi connectivity index (χ4v) is 3.57. The van der Waals surface area contributed by atoms with Crippen LogP contribution in [0.1, 0.15) is 51.1 Å². The minimum atomic E-state index is -0.713. The molecule has 0 saturated heterocycles. The topological polar surface area (TPSA) is 111 Å². The Morgan fingerprint density at radius 2 is 1.81 bits per heavy atom. The number of esters is 1. The first-order chi connectivity index (χ1) is 12.8. The van der Waals surface area contributed by atoms with Crippen LogP contribution in [-0.2, 0) is 9.53 Å². The molecule has 0 radical (unpaired) electrons. The molecule has 1 fully saturated rings. The van der Waals surface area contributed by atoms with Gasteiger partial charge in [0.15, 0.2) is 0 Å². The van der Waals surface area contributed by atoms with Crippen LogP contribution < -0.4 is 10.6 Å². The number of benzene rings is 1. The molecule has 0 unspecified atom stereocenters. The monoisotopic (exact) mass is 373 g/mol. The van der Waals surface area contributed by atoms with Crippen LogP contribution in [0.3, 0.4) is 0 Å². The fourth-order valence-electron chi connectivity index (χ4n) is 3.57. The molecular formula is C19H23N3O5. The Morgan fingerprint density at radius 1 is 1.19 bits per heavy atom. The number of carbonyl (C=O) groups is 2. The van der Waals surface area contributed by atoms with Crippen molar-refractivity contribution >= 4 is 17.7 Å². The van der Waals surface area contributed by atoms with E-state index in [9.17, 15) is 19.7 Å². The van der Waals surface area contributed by atoms with Crippen molar-refractivity contribution in [2.45, 2.75) is 51.7 Å². The minimum Gasteiger partial charge on any atom is -0.459 e. The van der Waals surface area contributed by atoms with Gasteiger partial charge in [-0.15, -0.1) is 0 Å². The van der Waals surface area contributed by atoms with Crippen LogP contribution in [0.15, 0.2) is 35.5 Å². The summed E-state index contributed by atoms with van der Waals surface area (Å²) in [6.07, 6.45) is 3.60. The van der Waals surface area contributed by atoms with Crippen LogP contribution in [0.5, 0.6) is 0 Å². The molecule has 1 heterocycles. The van der Waals surface area contributed by atoms with Gasteiger partial charge in [-0.05, 0) is 56.2 Å². The van der Waals surface area contributed by atoms with Crippen LogP contribution in [0.4, 0.5) is 10.5 Å². The largest absolute Gasteiger partial charge is 0.459 e. The Balaban J connectivity index is 1.83. The van der Waals surface area contributed by atoms with Gasteiger partial charge >= 0.3 is 12.0 Å². The number of amides is 2. The van der Waals surface area contributed by atoms with E-state index in [4.69, 9.17) is 4.74 Å². The number of nitro benzene ring substituents is 1. The Morgan fingerprint density at radius 3 is 2.41 bits per heavy atom. The molecule has 2 aliphatic rings. The van der Waals surface area contributed by atoms with Gasteiger partial charge in [-0.3, -0.25) is 10.1 Å². The molecule has 1 aliphatic heterocycles. The van der Waals surface area contributed by atoms with Crippen LogP contribution in [0.2, 0.25) is 0 Å². The normalized spacial score (nSPS) is 25.4. The van der Waals surface area contributed by atoms with Gasteiger partial charge < -0.3 is 15.4 Å². The molecular weight excluding hydrogens is 350 g/mol. The van der Waals surface area contributed by atoms with Gasteiger partial charge in [-0.2, -0.15) is 0 Å². The number of hydrogen-bond donors (Lipinski definition) is 2. The second-order valence-corrected chi connectivity index (χ2v) is 7.21. The predicted molar refractivity (Wildman–Crippen MR) is 97.7 cm³/mol. The average molecular weight is 373 g/mol. The standard InChI is InChI=1S/C19H23N3O5/c1-11-3-9-15(10-4-11)27-18(23)16-12(2)20-19(24)21-17(16)13-5-7-14(8-6-13)22(25)26/h5-8,11,15,17H,3-4,9-10H2,1-2H3,(H2,20,21,24)/t11?,15?,17-/m0/s1. The average Bonchev–Trinajstić information content (AvgIpc) is 2.63. The van der Waals surface area contributed by atoms with E-state index in [1.807, 2.05) is 0 Å². The smallest absolute Gasteiger partial charge is 0.338 e. The van der Waals surface area contributed by atoms with E-state index in [0.717, 1.165) is 25.7 Å². The summed E-state index contributed by atoms with van der Waals surface area (Å²) in [5, 5.41) is 16.2. The van der Waals surface area contributed by atoms with Gasteiger partial charge in [0, 0.05) is 17.8 Å².